The molecule has 0 radical (unpaired) electrons. The summed E-state index contributed by atoms with van der Waals surface area (Å²) in [4.78, 5) is 62.7. The number of rotatable bonds is 11. The topological polar surface area (TPSA) is 275 Å². The van der Waals surface area contributed by atoms with E-state index in [4.69, 9.17) is 27.6 Å². The Kier molecular flexibility index (Phi) is 15.6. The Morgan fingerprint density at radius 3 is 1.51 bits per heavy atom. The van der Waals surface area contributed by atoms with E-state index in [0.717, 1.165) is 79.6 Å². The van der Waals surface area contributed by atoms with E-state index in [1.165, 1.54) is 0 Å². The van der Waals surface area contributed by atoms with Crippen molar-refractivity contribution in [1.29, 1.82) is 5.26 Å². The Bertz CT molecular complexity index is 3140. The Labute approximate surface area is 387 Å². The number of nitrogens with zero attached hydrogens (tertiary/aromatic N) is 7. The Hall–Kier alpha value is -8.68. The molecule has 0 fully saturated rings. The number of nitriles is 1. The number of nitrogens with two attached hydrogens (primary N) is 3. The second kappa shape index (κ2) is 21.8. The number of nitrogens with one attached hydrogen (secondary N) is 2. The van der Waals surface area contributed by atoms with E-state index in [9.17, 15) is 14.4 Å². The van der Waals surface area contributed by atoms with Gasteiger partial charge in [0.25, 0.3) is 17.7 Å². The molecule has 0 atom stereocenters. The molecular formula is C51H50N12O4. The lowest BCUT2D eigenvalue weighted by Gasteiger charge is -2.12. The molecule has 6 heterocycles. The fraction of sp³-hybridized carbons (Fsp3) is 0.176. The highest BCUT2D eigenvalue weighted by molar-refractivity contribution is 5.95. The van der Waals surface area contributed by atoms with Gasteiger partial charge in [-0.2, -0.15) is 5.26 Å². The summed E-state index contributed by atoms with van der Waals surface area (Å²) >= 11 is 0. The van der Waals surface area contributed by atoms with Crippen LogP contribution in [0.5, 0.6) is 0 Å². The first-order valence-corrected chi connectivity index (χ1v) is 21.1. The molecule has 0 saturated carbocycles. The summed E-state index contributed by atoms with van der Waals surface area (Å²) in [7, 11) is 1.00. The molecule has 16 nitrogen and oxygen atoms in total. The van der Waals surface area contributed by atoms with Gasteiger partial charge in [0.1, 0.15) is 29.1 Å². The summed E-state index contributed by atoms with van der Waals surface area (Å²) in [5, 5.41) is 23.8. The highest BCUT2D eigenvalue weighted by Gasteiger charge is 2.14. The van der Waals surface area contributed by atoms with Gasteiger partial charge in [-0.15, -0.1) is 0 Å². The Balaban J connectivity index is 0.000000213. The fourth-order valence-corrected chi connectivity index (χ4v) is 7.47. The van der Waals surface area contributed by atoms with E-state index in [1.54, 1.807) is 60.9 Å². The normalized spacial score (nSPS) is 10.5. The molecule has 0 bridgehead atoms. The van der Waals surface area contributed by atoms with Crippen LogP contribution in [0.15, 0.2) is 109 Å². The minimum atomic E-state index is -0.557. The van der Waals surface area contributed by atoms with Crippen LogP contribution in [0.2, 0.25) is 0 Å². The number of carbonyl (C=O) groups excluding carboxylic acids is 3. The summed E-state index contributed by atoms with van der Waals surface area (Å²) in [6.07, 6.45) is 4.41. The molecule has 0 spiro atoms. The second-order valence-corrected chi connectivity index (χ2v) is 15.6. The molecule has 9 N–H and O–H groups in total. The minimum Gasteiger partial charge on any atom is -0.400 e. The molecular weight excluding hydrogens is 845 g/mol. The van der Waals surface area contributed by atoms with Crippen molar-refractivity contribution in [3.63, 3.8) is 0 Å². The molecule has 3 amide bonds. The number of benzene rings is 2. The Morgan fingerprint density at radius 1 is 0.597 bits per heavy atom. The van der Waals surface area contributed by atoms with Crippen LogP contribution in [0.25, 0.3) is 21.8 Å². The number of primary amides is 1. The van der Waals surface area contributed by atoms with Gasteiger partial charge in [0.2, 0.25) is 0 Å². The van der Waals surface area contributed by atoms with Gasteiger partial charge in [-0.05, 0) is 140 Å². The summed E-state index contributed by atoms with van der Waals surface area (Å²) in [5.74, 6) is 0.0331. The molecule has 338 valence electrons. The van der Waals surface area contributed by atoms with Crippen LogP contribution in [0.1, 0.15) is 93.1 Å². The maximum Gasteiger partial charge on any atom is 0.267 e. The lowest BCUT2D eigenvalue weighted by Crippen LogP contribution is -2.24. The number of hydrogen-bond acceptors (Lipinski definition) is 13. The molecule has 0 aliphatic heterocycles. The van der Waals surface area contributed by atoms with E-state index >= 15 is 0 Å². The zero-order valence-electron chi connectivity index (χ0n) is 37.8. The third kappa shape index (κ3) is 12.3. The lowest BCUT2D eigenvalue weighted by molar-refractivity contribution is 0.0942. The third-order valence-electron chi connectivity index (χ3n) is 10.8. The van der Waals surface area contributed by atoms with E-state index in [1.807, 2.05) is 76.2 Å². The largest absolute Gasteiger partial charge is 0.400 e. The van der Waals surface area contributed by atoms with Crippen LogP contribution in [-0.2, 0) is 25.9 Å². The van der Waals surface area contributed by atoms with Crippen molar-refractivity contribution < 1.29 is 19.5 Å². The van der Waals surface area contributed by atoms with Crippen LogP contribution in [0.4, 0.5) is 11.6 Å². The predicted molar refractivity (Wildman–Crippen MR) is 258 cm³/mol. The number of carbonyl (C=O) groups is 3. The lowest BCUT2D eigenvalue weighted by atomic mass is 10.0. The second-order valence-electron chi connectivity index (χ2n) is 15.6. The molecule has 16 heteroatoms. The smallest absolute Gasteiger partial charge is 0.267 e. The van der Waals surface area contributed by atoms with Crippen molar-refractivity contribution in [1.82, 2.24) is 40.5 Å². The zero-order valence-corrected chi connectivity index (χ0v) is 37.8. The molecule has 6 aromatic heterocycles. The summed E-state index contributed by atoms with van der Waals surface area (Å²) in [6.45, 7) is 8.41. The monoisotopic (exact) mass is 894 g/mol. The maximum absolute atomic E-state index is 12.7. The van der Waals surface area contributed by atoms with Crippen molar-refractivity contribution in [3.8, 4) is 6.07 Å². The molecule has 8 aromatic rings. The minimum absolute atomic E-state index is 0.170. The van der Waals surface area contributed by atoms with Gasteiger partial charge in [0.05, 0.1) is 11.0 Å². The maximum atomic E-state index is 12.7. The average Bonchev–Trinajstić information content (AvgIpc) is 3.31. The van der Waals surface area contributed by atoms with Crippen LogP contribution in [0, 0.1) is 39.0 Å². The molecule has 0 aliphatic carbocycles. The third-order valence-corrected chi connectivity index (χ3v) is 10.8. The van der Waals surface area contributed by atoms with Crippen molar-refractivity contribution in [3.05, 3.63) is 188 Å². The van der Waals surface area contributed by atoms with Gasteiger partial charge in [-0.1, -0.05) is 18.2 Å². The van der Waals surface area contributed by atoms with E-state index in [2.05, 4.69) is 46.6 Å². The van der Waals surface area contributed by atoms with Crippen LogP contribution in [0.3, 0.4) is 0 Å². The van der Waals surface area contributed by atoms with E-state index < -0.39 is 5.91 Å². The summed E-state index contributed by atoms with van der Waals surface area (Å²) in [5.41, 5.74) is 29.2. The van der Waals surface area contributed by atoms with E-state index in [-0.39, 0.29) is 17.5 Å². The molecule has 2 aromatic carbocycles. The average molecular weight is 895 g/mol. The van der Waals surface area contributed by atoms with E-state index in [0.29, 0.717) is 59.9 Å². The fourth-order valence-electron chi connectivity index (χ4n) is 7.47. The molecule has 0 saturated heterocycles. The number of nitrogen functional groups attached to an aromatic ring is 2. The van der Waals surface area contributed by atoms with Crippen LogP contribution < -0.4 is 27.8 Å². The quantitative estimate of drug-likeness (QED) is 0.0862. The number of aliphatic hydroxyl groups is 1. The number of aryl methyl sites for hydroxylation is 4. The molecule has 0 aliphatic rings. The number of fused-ring (bicyclic) bond motifs is 2. The molecule has 0 unspecified atom stereocenters. The zero-order chi connectivity index (χ0) is 48.2. The van der Waals surface area contributed by atoms with Gasteiger partial charge in [-0.3, -0.25) is 24.4 Å². The standard InChI is InChI=1S/C25H24N6O2.C25H22N6O.CH4O/c1-14-9-23(26)30-15(2)20(14)13-29-25(33)18-7-8-28-19(12-18)11-16-3-5-21-17(10-16)4-6-22(31-21)24(27)32;1-15-9-24(27)30-16(2)22(15)14-29-25(32)19-7-8-28-21(12-19)11-17-3-6-23-18(10-17)4-5-20(13-26)31-23;1-2/h3-10,12H,11,13H2,1-2H3,(H2,26,30)(H2,27,32)(H,29,33);3-10,12H,11,14H2,1-2H3,(H2,27,30)(H,29,32);2H,1H3. The first kappa shape index (κ1) is 47.8. The number of amides is 3. The Morgan fingerprint density at radius 2 is 1.06 bits per heavy atom. The number of anilines is 2. The summed E-state index contributed by atoms with van der Waals surface area (Å²) in [6, 6.07) is 31.3. The van der Waals surface area contributed by atoms with Crippen molar-refractivity contribution in [2.24, 2.45) is 5.73 Å². The highest BCUT2D eigenvalue weighted by Crippen LogP contribution is 2.21. The van der Waals surface area contributed by atoms with Crippen LogP contribution >= 0.6 is 0 Å². The van der Waals surface area contributed by atoms with Crippen molar-refractivity contribution >= 4 is 51.2 Å². The van der Waals surface area contributed by atoms with Crippen LogP contribution in [-0.4, -0.2) is 59.8 Å². The van der Waals surface area contributed by atoms with Gasteiger partial charge in [0, 0.05) is 90.1 Å². The van der Waals surface area contributed by atoms with Crippen molar-refractivity contribution in [2.75, 3.05) is 18.6 Å². The number of hydrogen-bond donors (Lipinski definition) is 6. The first-order chi connectivity index (χ1) is 32.2. The van der Waals surface area contributed by atoms with Gasteiger partial charge >= 0.3 is 0 Å². The summed E-state index contributed by atoms with van der Waals surface area (Å²) < 4.78 is 0. The first-order valence-electron chi connectivity index (χ1n) is 21.1. The highest BCUT2D eigenvalue weighted by atomic mass is 16.2. The molecule has 8 rings (SSSR count). The number of aliphatic hydroxyl groups excluding tert-OH is 1. The van der Waals surface area contributed by atoms with Gasteiger partial charge in [-0.25, -0.2) is 19.9 Å². The predicted octanol–water partition coefficient (Wildman–Crippen LogP) is 6.07. The number of aromatic nitrogens is 6. The molecule has 67 heavy (non-hydrogen) atoms. The SMILES string of the molecule is CO.Cc1cc(N)nc(C)c1CNC(=O)c1ccnc(Cc2ccc3nc(C#N)ccc3c2)c1.Cc1cc(N)nc(C)c1CNC(=O)c1ccnc(Cc2ccc3nc(C(N)=O)ccc3c2)c1. The number of pyridine rings is 6. The van der Waals surface area contributed by atoms with Crippen molar-refractivity contribution in [2.45, 2.75) is 53.6 Å². The van der Waals surface area contributed by atoms with Gasteiger partial charge in [0.15, 0.2) is 0 Å². The van der Waals surface area contributed by atoms with Gasteiger partial charge < -0.3 is 32.9 Å².